The van der Waals surface area contributed by atoms with Gasteiger partial charge in [-0.05, 0) is 37.3 Å². The van der Waals surface area contributed by atoms with E-state index in [1.165, 1.54) is 36.0 Å². The third kappa shape index (κ3) is 5.62. The Hall–Kier alpha value is -1.76. The number of amides is 1. The summed E-state index contributed by atoms with van der Waals surface area (Å²) in [5.41, 5.74) is 0.965. The standard InChI is InChI=1S/C18H16Cl2FNO3S/c1-2-25-18(24)12-8-11(6-7-15(12)20)22-17(23)10-26-9-13-14(19)4-3-5-16(13)21/h3-8H,2,9-10H2,1H3,(H,22,23). The van der Waals surface area contributed by atoms with Gasteiger partial charge in [-0.15, -0.1) is 11.8 Å². The maximum absolute atomic E-state index is 13.7. The minimum absolute atomic E-state index is 0.0992. The average Bonchev–Trinajstić information content (AvgIpc) is 2.59. The molecule has 0 aliphatic rings. The summed E-state index contributed by atoms with van der Waals surface area (Å²) in [6.45, 7) is 1.91. The Morgan fingerprint density at radius 2 is 1.96 bits per heavy atom. The molecule has 1 amide bonds. The number of rotatable bonds is 7. The van der Waals surface area contributed by atoms with Crippen molar-refractivity contribution in [2.75, 3.05) is 17.7 Å². The molecule has 0 spiro atoms. The molecule has 0 aliphatic heterocycles. The van der Waals surface area contributed by atoms with Gasteiger partial charge in [-0.3, -0.25) is 4.79 Å². The molecule has 2 aromatic carbocycles. The molecule has 0 unspecified atom stereocenters. The lowest BCUT2D eigenvalue weighted by molar-refractivity contribution is -0.113. The van der Waals surface area contributed by atoms with Gasteiger partial charge in [0.1, 0.15) is 5.82 Å². The lowest BCUT2D eigenvalue weighted by Crippen LogP contribution is -2.15. The summed E-state index contributed by atoms with van der Waals surface area (Å²) in [7, 11) is 0. The van der Waals surface area contributed by atoms with Crippen LogP contribution >= 0.6 is 35.0 Å². The predicted octanol–water partition coefficient (Wildman–Crippen LogP) is 5.18. The topological polar surface area (TPSA) is 55.4 Å². The van der Waals surface area contributed by atoms with Crippen molar-refractivity contribution in [1.29, 1.82) is 0 Å². The molecule has 0 bridgehead atoms. The molecule has 0 fully saturated rings. The molecule has 0 atom stereocenters. The molecule has 1 N–H and O–H groups in total. The fourth-order valence-corrected chi connectivity index (χ4v) is 3.44. The smallest absolute Gasteiger partial charge is 0.339 e. The Bertz CT molecular complexity index is 797. The normalized spacial score (nSPS) is 10.5. The van der Waals surface area contributed by atoms with E-state index in [-0.39, 0.29) is 34.6 Å². The Balaban J connectivity index is 1.93. The van der Waals surface area contributed by atoms with Gasteiger partial charge in [-0.2, -0.15) is 0 Å². The molecule has 0 saturated carbocycles. The maximum Gasteiger partial charge on any atom is 0.339 e. The summed E-state index contributed by atoms with van der Waals surface area (Å²) in [6.07, 6.45) is 0. The van der Waals surface area contributed by atoms with Crippen molar-refractivity contribution < 1.29 is 18.7 Å². The Morgan fingerprint density at radius 1 is 1.19 bits per heavy atom. The largest absolute Gasteiger partial charge is 0.462 e. The van der Waals surface area contributed by atoms with Crippen molar-refractivity contribution in [2.24, 2.45) is 0 Å². The number of anilines is 1. The third-order valence-electron chi connectivity index (χ3n) is 3.29. The van der Waals surface area contributed by atoms with E-state index in [2.05, 4.69) is 5.32 Å². The zero-order chi connectivity index (χ0) is 19.1. The number of halogens is 3. The van der Waals surface area contributed by atoms with Crippen LogP contribution in [0, 0.1) is 5.82 Å². The molecule has 2 aromatic rings. The molecular weight excluding hydrogens is 400 g/mol. The van der Waals surface area contributed by atoms with Crippen molar-refractivity contribution in [3.63, 3.8) is 0 Å². The zero-order valence-corrected chi connectivity index (χ0v) is 16.2. The van der Waals surface area contributed by atoms with Gasteiger partial charge in [0.15, 0.2) is 0 Å². The lowest BCUT2D eigenvalue weighted by Gasteiger charge is -2.09. The van der Waals surface area contributed by atoms with Crippen molar-refractivity contribution in [1.82, 2.24) is 0 Å². The number of hydrogen-bond acceptors (Lipinski definition) is 4. The molecule has 0 saturated heterocycles. The monoisotopic (exact) mass is 415 g/mol. The van der Waals surface area contributed by atoms with E-state index in [1.54, 1.807) is 19.1 Å². The van der Waals surface area contributed by atoms with Crippen LogP contribution in [-0.2, 0) is 15.3 Å². The van der Waals surface area contributed by atoms with Crippen LogP contribution in [0.5, 0.6) is 0 Å². The van der Waals surface area contributed by atoms with Crippen LogP contribution in [0.2, 0.25) is 10.0 Å². The van der Waals surface area contributed by atoms with Crippen LogP contribution < -0.4 is 5.32 Å². The molecule has 8 heteroatoms. The molecule has 0 radical (unpaired) electrons. The fourth-order valence-electron chi connectivity index (χ4n) is 2.08. The second-order valence-electron chi connectivity index (χ2n) is 5.16. The first-order valence-electron chi connectivity index (χ1n) is 7.69. The number of thioether (sulfide) groups is 1. The number of carbonyl (C=O) groups excluding carboxylic acids is 2. The highest BCUT2D eigenvalue weighted by Crippen LogP contribution is 2.25. The number of ether oxygens (including phenoxy) is 1. The van der Waals surface area contributed by atoms with Gasteiger partial charge in [-0.1, -0.05) is 29.3 Å². The van der Waals surface area contributed by atoms with E-state index in [4.69, 9.17) is 27.9 Å². The van der Waals surface area contributed by atoms with Gasteiger partial charge in [0.05, 0.1) is 22.9 Å². The van der Waals surface area contributed by atoms with E-state index < -0.39 is 11.8 Å². The first-order chi connectivity index (χ1) is 12.4. The van der Waals surface area contributed by atoms with E-state index in [9.17, 15) is 14.0 Å². The summed E-state index contributed by atoms with van der Waals surface area (Å²) in [5, 5.41) is 3.24. The lowest BCUT2D eigenvalue weighted by atomic mass is 10.2. The van der Waals surface area contributed by atoms with Gasteiger partial charge in [0.25, 0.3) is 0 Å². The van der Waals surface area contributed by atoms with Crippen molar-refractivity contribution in [2.45, 2.75) is 12.7 Å². The SMILES string of the molecule is CCOC(=O)c1cc(NC(=O)CSCc2c(F)cccc2Cl)ccc1Cl. The minimum Gasteiger partial charge on any atom is -0.462 e. The highest BCUT2D eigenvalue weighted by Gasteiger charge is 2.14. The molecule has 0 aliphatic carbocycles. The second-order valence-corrected chi connectivity index (χ2v) is 6.96. The van der Waals surface area contributed by atoms with Crippen molar-refractivity contribution in [3.8, 4) is 0 Å². The quantitative estimate of drug-likeness (QED) is 0.632. The Labute approximate surface area is 165 Å². The average molecular weight is 416 g/mol. The second kappa shape index (κ2) is 9.80. The van der Waals surface area contributed by atoms with Crippen LogP contribution in [0.25, 0.3) is 0 Å². The molecule has 2 rings (SSSR count). The number of hydrogen-bond donors (Lipinski definition) is 1. The Kier molecular flexibility index (Phi) is 7.75. The van der Waals surface area contributed by atoms with Gasteiger partial charge in [-0.25, -0.2) is 9.18 Å². The number of esters is 1. The first-order valence-corrected chi connectivity index (χ1v) is 9.60. The first kappa shape index (κ1) is 20.6. The van der Waals surface area contributed by atoms with E-state index in [0.717, 1.165) is 0 Å². The number of carbonyl (C=O) groups is 2. The molecule has 26 heavy (non-hydrogen) atoms. The van der Waals surface area contributed by atoms with E-state index >= 15 is 0 Å². The zero-order valence-electron chi connectivity index (χ0n) is 13.9. The number of nitrogens with one attached hydrogen (secondary N) is 1. The summed E-state index contributed by atoms with van der Waals surface area (Å²) in [4.78, 5) is 23.9. The summed E-state index contributed by atoms with van der Waals surface area (Å²) in [5.74, 6) is -0.880. The molecular formula is C18H16Cl2FNO3S. The third-order valence-corrected chi connectivity index (χ3v) is 4.93. The molecule has 138 valence electrons. The molecule has 4 nitrogen and oxygen atoms in total. The van der Waals surface area contributed by atoms with Crippen molar-refractivity contribution >= 4 is 52.5 Å². The maximum atomic E-state index is 13.7. The van der Waals surface area contributed by atoms with Crippen LogP contribution in [0.15, 0.2) is 36.4 Å². The summed E-state index contributed by atoms with van der Waals surface area (Å²) >= 11 is 13.2. The highest BCUT2D eigenvalue weighted by atomic mass is 35.5. The van der Waals surface area contributed by atoms with Gasteiger partial charge >= 0.3 is 5.97 Å². The van der Waals surface area contributed by atoms with E-state index in [0.29, 0.717) is 16.3 Å². The minimum atomic E-state index is -0.558. The number of benzene rings is 2. The van der Waals surface area contributed by atoms with Crippen LogP contribution in [0.1, 0.15) is 22.8 Å². The van der Waals surface area contributed by atoms with Gasteiger partial charge in [0.2, 0.25) is 5.91 Å². The molecule has 0 heterocycles. The molecule has 0 aromatic heterocycles. The Morgan fingerprint density at radius 3 is 2.65 bits per heavy atom. The van der Waals surface area contributed by atoms with Gasteiger partial charge in [0, 0.05) is 22.0 Å². The van der Waals surface area contributed by atoms with Crippen LogP contribution in [-0.4, -0.2) is 24.2 Å². The van der Waals surface area contributed by atoms with Crippen LogP contribution in [0.4, 0.5) is 10.1 Å². The van der Waals surface area contributed by atoms with E-state index in [1.807, 2.05) is 0 Å². The fraction of sp³-hybridized carbons (Fsp3) is 0.222. The summed E-state index contributed by atoms with van der Waals surface area (Å²) in [6, 6.07) is 9.01. The van der Waals surface area contributed by atoms with Gasteiger partial charge < -0.3 is 10.1 Å². The predicted molar refractivity (Wildman–Crippen MR) is 104 cm³/mol. The van der Waals surface area contributed by atoms with Crippen molar-refractivity contribution in [3.05, 3.63) is 63.4 Å². The highest BCUT2D eigenvalue weighted by molar-refractivity contribution is 7.99. The summed E-state index contributed by atoms with van der Waals surface area (Å²) < 4.78 is 18.6. The van der Waals surface area contributed by atoms with Crippen LogP contribution in [0.3, 0.4) is 0 Å².